The summed E-state index contributed by atoms with van der Waals surface area (Å²) in [4.78, 5) is 24.6. The van der Waals surface area contributed by atoms with E-state index >= 15 is 0 Å². The minimum Gasteiger partial charge on any atom is -0.462 e. The van der Waals surface area contributed by atoms with Crippen LogP contribution >= 0.6 is 0 Å². The number of para-hydroxylation sites is 1. The van der Waals surface area contributed by atoms with E-state index in [1.165, 1.54) is 4.31 Å². The number of nitrogens with zero attached hydrogens (tertiary/aromatic N) is 1. The fourth-order valence-electron chi connectivity index (χ4n) is 3.19. The second-order valence-corrected chi connectivity index (χ2v) is 8.75. The zero-order valence-electron chi connectivity index (χ0n) is 16.3. The minimum atomic E-state index is -3.33. The molecule has 0 bridgehead atoms. The van der Waals surface area contributed by atoms with Crippen molar-refractivity contribution in [2.24, 2.45) is 0 Å². The van der Waals surface area contributed by atoms with Gasteiger partial charge in [-0.2, -0.15) is 0 Å². The van der Waals surface area contributed by atoms with Gasteiger partial charge in [-0.1, -0.05) is 24.3 Å². The van der Waals surface area contributed by atoms with Crippen molar-refractivity contribution in [1.29, 1.82) is 0 Å². The summed E-state index contributed by atoms with van der Waals surface area (Å²) >= 11 is 0. The summed E-state index contributed by atoms with van der Waals surface area (Å²) in [5, 5.41) is 2.71. The van der Waals surface area contributed by atoms with E-state index in [0.29, 0.717) is 29.9 Å². The van der Waals surface area contributed by atoms with Crippen molar-refractivity contribution >= 4 is 27.6 Å². The SMILES string of the molecule is CCOC(=O)c1ccccc1NC(=O)c1ccc(CS(=O)(=O)N2CCCC2)cc1. The van der Waals surface area contributed by atoms with E-state index in [-0.39, 0.29) is 17.9 Å². The van der Waals surface area contributed by atoms with Crippen LogP contribution in [0.15, 0.2) is 48.5 Å². The van der Waals surface area contributed by atoms with Crippen molar-refractivity contribution in [2.75, 3.05) is 25.0 Å². The number of anilines is 1. The van der Waals surface area contributed by atoms with Crippen LogP contribution in [0.1, 0.15) is 46.0 Å². The first-order chi connectivity index (χ1) is 13.9. The summed E-state index contributed by atoms with van der Waals surface area (Å²) in [6.07, 6.45) is 1.79. The number of carbonyl (C=O) groups is 2. The second kappa shape index (κ2) is 9.19. The van der Waals surface area contributed by atoms with Crippen LogP contribution in [0.3, 0.4) is 0 Å². The Kier molecular flexibility index (Phi) is 6.66. The molecule has 8 heteroatoms. The van der Waals surface area contributed by atoms with E-state index in [2.05, 4.69) is 5.32 Å². The van der Waals surface area contributed by atoms with Gasteiger partial charge in [-0.3, -0.25) is 4.79 Å². The molecule has 2 aromatic carbocycles. The molecule has 1 N–H and O–H groups in total. The summed E-state index contributed by atoms with van der Waals surface area (Å²) in [5.41, 5.74) is 1.62. The van der Waals surface area contributed by atoms with Crippen LogP contribution in [0.2, 0.25) is 0 Å². The Morgan fingerprint density at radius 3 is 2.34 bits per heavy atom. The third-order valence-corrected chi connectivity index (χ3v) is 6.54. The quantitative estimate of drug-likeness (QED) is 0.701. The maximum absolute atomic E-state index is 12.6. The first-order valence-corrected chi connectivity index (χ1v) is 11.2. The highest BCUT2D eigenvalue weighted by molar-refractivity contribution is 7.88. The summed E-state index contributed by atoms with van der Waals surface area (Å²) < 4.78 is 31.4. The lowest BCUT2D eigenvalue weighted by molar-refractivity contribution is 0.0527. The molecule has 0 aromatic heterocycles. The first kappa shape index (κ1) is 21.0. The predicted molar refractivity (Wildman–Crippen MR) is 110 cm³/mol. The molecular formula is C21H24N2O5S. The van der Waals surface area contributed by atoms with Crippen molar-refractivity contribution in [3.05, 3.63) is 65.2 Å². The number of amides is 1. The van der Waals surface area contributed by atoms with E-state index in [4.69, 9.17) is 4.74 Å². The van der Waals surface area contributed by atoms with Gasteiger partial charge in [0.1, 0.15) is 0 Å². The monoisotopic (exact) mass is 416 g/mol. The predicted octanol–water partition coefficient (Wildman–Crippen LogP) is 3.04. The van der Waals surface area contributed by atoms with E-state index < -0.39 is 21.9 Å². The van der Waals surface area contributed by atoms with Gasteiger partial charge in [0.2, 0.25) is 10.0 Å². The van der Waals surface area contributed by atoms with Crippen LogP contribution in [-0.4, -0.2) is 44.3 Å². The maximum Gasteiger partial charge on any atom is 0.340 e. The molecule has 2 aromatic rings. The second-order valence-electron chi connectivity index (χ2n) is 6.78. The van der Waals surface area contributed by atoms with Gasteiger partial charge < -0.3 is 10.1 Å². The summed E-state index contributed by atoms with van der Waals surface area (Å²) in [5.74, 6) is -0.984. The lowest BCUT2D eigenvalue weighted by Crippen LogP contribution is -2.29. The lowest BCUT2D eigenvalue weighted by atomic mass is 10.1. The number of sulfonamides is 1. The highest BCUT2D eigenvalue weighted by Crippen LogP contribution is 2.19. The average Bonchev–Trinajstić information content (AvgIpc) is 3.25. The molecule has 0 aliphatic carbocycles. The van der Waals surface area contributed by atoms with E-state index in [1.807, 2.05) is 0 Å². The summed E-state index contributed by atoms with van der Waals surface area (Å²) in [6.45, 7) is 3.10. The number of carbonyl (C=O) groups excluding carboxylic acids is 2. The van der Waals surface area contributed by atoms with Crippen LogP contribution in [0, 0.1) is 0 Å². The normalized spacial score (nSPS) is 14.5. The average molecular weight is 416 g/mol. The molecule has 1 saturated heterocycles. The van der Waals surface area contributed by atoms with E-state index in [0.717, 1.165) is 12.8 Å². The minimum absolute atomic E-state index is 0.0827. The highest BCUT2D eigenvalue weighted by atomic mass is 32.2. The number of benzene rings is 2. The maximum atomic E-state index is 12.6. The molecule has 0 atom stereocenters. The van der Waals surface area contributed by atoms with Crippen LogP contribution in [0.5, 0.6) is 0 Å². The Morgan fingerprint density at radius 2 is 1.69 bits per heavy atom. The molecule has 1 aliphatic heterocycles. The number of esters is 1. The fourth-order valence-corrected chi connectivity index (χ4v) is 4.80. The van der Waals surface area contributed by atoms with Crippen LogP contribution < -0.4 is 5.32 Å². The molecule has 29 heavy (non-hydrogen) atoms. The van der Waals surface area contributed by atoms with E-state index in [1.54, 1.807) is 55.5 Å². The number of ether oxygens (including phenoxy) is 1. The number of hydrogen-bond donors (Lipinski definition) is 1. The molecule has 0 radical (unpaired) electrons. The van der Waals surface area contributed by atoms with Gasteiger partial charge in [-0.05, 0) is 49.6 Å². The zero-order chi connectivity index (χ0) is 20.9. The lowest BCUT2D eigenvalue weighted by Gasteiger charge is -2.15. The molecule has 0 unspecified atom stereocenters. The Labute approximate surface area is 170 Å². The van der Waals surface area contributed by atoms with Gasteiger partial charge in [-0.25, -0.2) is 17.5 Å². The van der Waals surface area contributed by atoms with Gasteiger partial charge in [0.05, 0.1) is 23.6 Å². The van der Waals surface area contributed by atoms with E-state index in [9.17, 15) is 18.0 Å². The fraction of sp³-hybridized carbons (Fsp3) is 0.333. The van der Waals surface area contributed by atoms with Crippen molar-refractivity contribution in [1.82, 2.24) is 4.31 Å². The number of nitrogens with one attached hydrogen (secondary N) is 1. The van der Waals surface area contributed by atoms with Gasteiger partial charge in [0.25, 0.3) is 5.91 Å². The molecule has 1 aliphatic rings. The highest BCUT2D eigenvalue weighted by Gasteiger charge is 2.25. The Morgan fingerprint density at radius 1 is 1.03 bits per heavy atom. The molecule has 1 heterocycles. The van der Waals surface area contributed by atoms with Crippen LogP contribution in [0.4, 0.5) is 5.69 Å². The van der Waals surface area contributed by atoms with Gasteiger partial charge >= 0.3 is 5.97 Å². The van der Waals surface area contributed by atoms with Crippen LogP contribution in [-0.2, 0) is 20.5 Å². The summed E-state index contributed by atoms with van der Waals surface area (Å²) in [7, 11) is -3.33. The molecule has 154 valence electrons. The van der Waals surface area contributed by atoms with Crippen molar-refractivity contribution in [2.45, 2.75) is 25.5 Å². The first-order valence-electron chi connectivity index (χ1n) is 9.55. The number of rotatable bonds is 7. The van der Waals surface area contributed by atoms with Gasteiger partial charge in [0, 0.05) is 18.7 Å². The molecule has 1 amide bonds. The largest absolute Gasteiger partial charge is 0.462 e. The Hall–Kier alpha value is -2.71. The molecule has 7 nitrogen and oxygen atoms in total. The van der Waals surface area contributed by atoms with Crippen molar-refractivity contribution < 1.29 is 22.7 Å². The smallest absolute Gasteiger partial charge is 0.340 e. The molecule has 0 spiro atoms. The molecular weight excluding hydrogens is 392 g/mol. The molecule has 1 fully saturated rings. The number of hydrogen-bond acceptors (Lipinski definition) is 5. The summed E-state index contributed by atoms with van der Waals surface area (Å²) in [6, 6.07) is 13.1. The third kappa shape index (κ3) is 5.21. The van der Waals surface area contributed by atoms with Gasteiger partial charge in [0.15, 0.2) is 0 Å². The molecule has 0 saturated carbocycles. The van der Waals surface area contributed by atoms with Crippen molar-refractivity contribution in [3.8, 4) is 0 Å². The molecule has 3 rings (SSSR count). The standard InChI is InChI=1S/C21H24N2O5S/c1-2-28-21(25)18-7-3-4-8-19(18)22-20(24)17-11-9-16(10-12-17)15-29(26,27)23-13-5-6-14-23/h3-4,7-12H,2,5-6,13-15H2,1H3,(H,22,24). The zero-order valence-corrected chi connectivity index (χ0v) is 17.1. The Balaban J connectivity index is 1.69. The Bertz CT molecular complexity index is 980. The van der Waals surface area contributed by atoms with Crippen molar-refractivity contribution in [3.63, 3.8) is 0 Å². The van der Waals surface area contributed by atoms with Crippen LogP contribution in [0.25, 0.3) is 0 Å². The third-order valence-electron chi connectivity index (χ3n) is 4.69. The van der Waals surface area contributed by atoms with Gasteiger partial charge in [-0.15, -0.1) is 0 Å². The topological polar surface area (TPSA) is 92.8 Å².